The predicted octanol–water partition coefficient (Wildman–Crippen LogP) is 0.613. The summed E-state index contributed by atoms with van der Waals surface area (Å²) in [6.07, 6.45) is 0.639. The minimum Gasteiger partial charge on any atom is -0.476 e. The second kappa shape index (κ2) is 6.15. The van der Waals surface area contributed by atoms with Crippen molar-refractivity contribution in [3.63, 3.8) is 0 Å². The molecule has 1 aromatic carbocycles. The monoisotopic (exact) mass is 352 g/mol. The van der Waals surface area contributed by atoms with E-state index in [1.807, 2.05) is 17.0 Å². The molecule has 0 radical (unpaired) electrons. The van der Waals surface area contributed by atoms with E-state index < -0.39 is 5.97 Å². The number of aromatic carboxylic acids is 1. The molecular weight excluding hydrogens is 338 g/mol. The van der Waals surface area contributed by atoms with E-state index in [9.17, 15) is 9.90 Å². The van der Waals surface area contributed by atoms with Gasteiger partial charge in [0.2, 0.25) is 5.11 Å². The van der Waals surface area contributed by atoms with Gasteiger partial charge in [-0.3, -0.25) is 5.84 Å². The summed E-state index contributed by atoms with van der Waals surface area (Å²) in [5.41, 5.74) is 5.07. The zero-order valence-corrected chi connectivity index (χ0v) is 13.7. The smallest absolute Gasteiger partial charge is 0.356 e. The van der Waals surface area contributed by atoms with Crippen LogP contribution in [-0.4, -0.2) is 37.4 Å². The largest absolute Gasteiger partial charge is 0.476 e. The minimum atomic E-state index is -1.05. The van der Waals surface area contributed by atoms with Crippen molar-refractivity contribution in [3.8, 4) is 5.69 Å². The standard InChI is InChI=1S/C14H14ClN5O2S/c15-8-1-3-9(4-2-8)20-11-5-6-19(14(23)17-16)7-10(11)12(18-20)13(21)22/h1-4H,5-7,16H2,(H,17,23)(H,21,22)/p+1. The lowest BCUT2D eigenvalue weighted by Crippen LogP contribution is -2.69. The molecule has 23 heavy (non-hydrogen) atoms. The van der Waals surface area contributed by atoms with Gasteiger partial charge in [-0.15, -0.1) is 0 Å². The molecule has 2 aromatic rings. The quantitative estimate of drug-likeness (QED) is 0.541. The van der Waals surface area contributed by atoms with Crippen molar-refractivity contribution in [3.05, 3.63) is 46.2 Å². The van der Waals surface area contributed by atoms with Crippen LogP contribution >= 0.6 is 23.8 Å². The number of rotatable bonds is 2. The lowest BCUT2D eigenvalue weighted by Gasteiger charge is -2.28. The first-order valence-electron chi connectivity index (χ1n) is 6.93. The van der Waals surface area contributed by atoms with E-state index in [4.69, 9.17) is 23.8 Å². The number of carboxylic acids is 1. The molecule has 0 spiro atoms. The molecule has 0 saturated carbocycles. The van der Waals surface area contributed by atoms with E-state index in [1.165, 1.54) is 0 Å². The number of benzene rings is 1. The Morgan fingerprint density at radius 3 is 2.70 bits per heavy atom. The Kier molecular flexibility index (Phi) is 4.20. The van der Waals surface area contributed by atoms with Gasteiger partial charge in [-0.2, -0.15) is 5.10 Å². The second-order valence-corrected chi connectivity index (χ2v) is 5.94. The SMILES string of the molecule is [NH3+]NC(=S)N1CCc2c(c(C(=O)O)nn2-c2ccc(Cl)cc2)C1. The highest BCUT2D eigenvalue weighted by Gasteiger charge is 2.29. The van der Waals surface area contributed by atoms with E-state index in [-0.39, 0.29) is 5.69 Å². The Labute approximate surface area is 142 Å². The van der Waals surface area contributed by atoms with Gasteiger partial charge in [-0.25, -0.2) is 14.9 Å². The molecule has 0 unspecified atom stereocenters. The van der Waals surface area contributed by atoms with Gasteiger partial charge in [-0.1, -0.05) is 11.6 Å². The van der Waals surface area contributed by atoms with Crippen molar-refractivity contribution in [2.45, 2.75) is 13.0 Å². The molecule has 1 aliphatic rings. The lowest BCUT2D eigenvalue weighted by molar-refractivity contribution is -0.420. The number of fused-ring (bicyclic) bond motifs is 1. The van der Waals surface area contributed by atoms with Crippen LogP contribution in [0.4, 0.5) is 0 Å². The number of hydrogen-bond donors (Lipinski definition) is 3. The van der Waals surface area contributed by atoms with Crippen LogP contribution in [0.2, 0.25) is 5.02 Å². The number of hydrogen-bond acceptors (Lipinski definition) is 3. The fourth-order valence-electron chi connectivity index (χ4n) is 2.67. The molecule has 0 amide bonds. The minimum absolute atomic E-state index is 0.0477. The van der Waals surface area contributed by atoms with Crippen LogP contribution in [-0.2, 0) is 13.0 Å². The van der Waals surface area contributed by atoms with Gasteiger partial charge in [0, 0.05) is 30.1 Å². The molecule has 5 N–H and O–H groups in total. The Bertz CT molecular complexity index is 774. The topological polar surface area (TPSA) is 98.0 Å². The van der Waals surface area contributed by atoms with Gasteiger partial charge >= 0.3 is 5.97 Å². The Hall–Kier alpha value is -2.16. The fraction of sp³-hybridized carbons (Fsp3) is 0.214. The average Bonchev–Trinajstić information content (AvgIpc) is 2.93. The van der Waals surface area contributed by atoms with Gasteiger partial charge in [0.15, 0.2) is 5.69 Å². The molecule has 3 rings (SSSR count). The average molecular weight is 353 g/mol. The maximum atomic E-state index is 11.5. The van der Waals surface area contributed by atoms with Crippen molar-refractivity contribution >= 4 is 34.9 Å². The van der Waals surface area contributed by atoms with Crippen molar-refractivity contribution in [2.75, 3.05) is 6.54 Å². The normalized spacial score (nSPS) is 13.6. The molecule has 0 saturated heterocycles. The molecule has 0 aliphatic carbocycles. The number of nitrogens with one attached hydrogen (secondary N) is 1. The summed E-state index contributed by atoms with van der Waals surface area (Å²) in [6, 6.07) is 7.14. The molecule has 2 heterocycles. The summed E-state index contributed by atoms with van der Waals surface area (Å²) in [4.78, 5) is 13.4. The first kappa shape index (κ1) is 15.7. The van der Waals surface area contributed by atoms with Gasteiger partial charge in [0.1, 0.15) is 0 Å². The van der Waals surface area contributed by atoms with Gasteiger partial charge in [0.05, 0.1) is 11.4 Å². The van der Waals surface area contributed by atoms with Crippen LogP contribution in [0.3, 0.4) is 0 Å². The highest BCUT2D eigenvalue weighted by atomic mass is 35.5. The molecule has 1 aliphatic heterocycles. The number of aromatic nitrogens is 2. The number of carbonyl (C=O) groups is 1. The summed E-state index contributed by atoms with van der Waals surface area (Å²) in [5, 5.41) is 14.8. The van der Waals surface area contributed by atoms with E-state index >= 15 is 0 Å². The van der Waals surface area contributed by atoms with E-state index in [2.05, 4.69) is 16.4 Å². The number of carboxylic acid groups (broad SMARTS) is 1. The Morgan fingerprint density at radius 1 is 1.39 bits per heavy atom. The van der Waals surface area contributed by atoms with Crippen LogP contribution in [0.5, 0.6) is 0 Å². The van der Waals surface area contributed by atoms with Gasteiger partial charge in [0.25, 0.3) is 0 Å². The zero-order chi connectivity index (χ0) is 16.6. The van der Waals surface area contributed by atoms with Crippen LogP contribution in [0, 0.1) is 0 Å². The van der Waals surface area contributed by atoms with Crippen LogP contribution < -0.4 is 11.3 Å². The molecule has 1 aromatic heterocycles. The third kappa shape index (κ3) is 2.88. The zero-order valence-electron chi connectivity index (χ0n) is 12.1. The van der Waals surface area contributed by atoms with Crippen LogP contribution in [0.1, 0.15) is 21.7 Å². The van der Waals surface area contributed by atoms with Crippen molar-refractivity contribution in [1.82, 2.24) is 20.1 Å². The number of quaternary nitrogens is 1. The second-order valence-electron chi connectivity index (χ2n) is 5.12. The van der Waals surface area contributed by atoms with Crippen LogP contribution in [0.15, 0.2) is 24.3 Å². The third-order valence-corrected chi connectivity index (χ3v) is 4.42. The fourth-order valence-corrected chi connectivity index (χ4v) is 2.95. The number of nitrogens with zero attached hydrogens (tertiary/aromatic N) is 3. The molecule has 7 nitrogen and oxygen atoms in total. The maximum Gasteiger partial charge on any atom is 0.356 e. The molecular formula is C14H15ClN5O2S+. The predicted molar refractivity (Wildman–Crippen MR) is 88.3 cm³/mol. The molecule has 0 fully saturated rings. The van der Waals surface area contributed by atoms with Crippen LogP contribution in [0.25, 0.3) is 5.69 Å². The Balaban J connectivity index is 2.06. The van der Waals surface area contributed by atoms with Crippen molar-refractivity contribution < 1.29 is 15.7 Å². The molecule has 120 valence electrons. The summed E-state index contributed by atoms with van der Waals surface area (Å²) >= 11 is 11.1. The molecule has 9 heteroatoms. The molecule has 0 bridgehead atoms. The van der Waals surface area contributed by atoms with E-state index in [0.717, 1.165) is 11.4 Å². The third-order valence-electron chi connectivity index (χ3n) is 3.77. The first-order valence-corrected chi connectivity index (χ1v) is 7.72. The molecule has 0 atom stereocenters. The first-order chi connectivity index (χ1) is 11.0. The van der Waals surface area contributed by atoms with Crippen molar-refractivity contribution in [1.29, 1.82) is 0 Å². The number of thiocarbonyl (C=S) groups is 1. The van der Waals surface area contributed by atoms with E-state index in [1.54, 1.807) is 16.8 Å². The van der Waals surface area contributed by atoms with E-state index in [0.29, 0.717) is 35.2 Å². The Morgan fingerprint density at radius 2 is 2.09 bits per heavy atom. The summed E-state index contributed by atoms with van der Waals surface area (Å²) < 4.78 is 1.67. The summed E-state index contributed by atoms with van der Waals surface area (Å²) in [7, 11) is 0. The highest BCUT2D eigenvalue weighted by Crippen LogP contribution is 2.26. The lowest BCUT2D eigenvalue weighted by atomic mass is 10.1. The summed E-state index contributed by atoms with van der Waals surface area (Å²) in [6.45, 7) is 1.07. The van der Waals surface area contributed by atoms with Crippen molar-refractivity contribution in [2.24, 2.45) is 0 Å². The summed E-state index contributed by atoms with van der Waals surface area (Å²) in [5.74, 6) is 2.50. The maximum absolute atomic E-state index is 11.5. The highest BCUT2D eigenvalue weighted by molar-refractivity contribution is 7.80. The number of halogens is 1. The van der Waals surface area contributed by atoms with Gasteiger partial charge in [-0.05, 0) is 36.5 Å². The van der Waals surface area contributed by atoms with Gasteiger partial charge < -0.3 is 10.0 Å².